The van der Waals surface area contributed by atoms with E-state index >= 15 is 0 Å². The third-order valence-corrected chi connectivity index (χ3v) is 4.43. The van der Waals surface area contributed by atoms with Crippen molar-refractivity contribution in [3.8, 4) is 11.1 Å². The van der Waals surface area contributed by atoms with Crippen LogP contribution in [0, 0.1) is 0 Å². The van der Waals surface area contributed by atoms with Crippen molar-refractivity contribution >= 4 is 23.0 Å². The largest absolute Gasteiger partial charge is 0.444 e. The molecule has 2 heterocycles. The van der Waals surface area contributed by atoms with Gasteiger partial charge in [-0.15, -0.1) is 0 Å². The maximum Gasteiger partial charge on any atom is 0.408 e. The summed E-state index contributed by atoms with van der Waals surface area (Å²) >= 11 is 0. The van der Waals surface area contributed by atoms with Crippen molar-refractivity contribution in [3.05, 3.63) is 59.9 Å². The van der Waals surface area contributed by atoms with E-state index in [0.29, 0.717) is 27.9 Å². The van der Waals surface area contributed by atoms with Crippen LogP contribution in [0.3, 0.4) is 0 Å². The second-order valence-corrected chi connectivity index (χ2v) is 7.93. The number of carbonyl (C=O) groups is 2. The fourth-order valence-corrected chi connectivity index (χ4v) is 3.22. The van der Waals surface area contributed by atoms with Crippen LogP contribution >= 0.6 is 0 Å². The van der Waals surface area contributed by atoms with Crippen LogP contribution in [0.1, 0.15) is 49.8 Å². The van der Waals surface area contributed by atoms with Crippen LogP contribution in [0.25, 0.3) is 22.2 Å². The number of carbonyl (C=O) groups excluding carboxylic acids is 2. The van der Waals surface area contributed by atoms with E-state index in [2.05, 4.69) is 15.6 Å². The Morgan fingerprint density at radius 3 is 2.40 bits per heavy atom. The lowest BCUT2D eigenvalue weighted by Gasteiger charge is -2.24. The monoisotopic (exact) mass is 406 g/mol. The molecule has 7 nitrogen and oxygen atoms in total. The highest BCUT2D eigenvalue weighted by molar-refractivity contribution is 6.10. The van der Waals surface area contributed by atoms with Gasteiger partial charge in [-0.05, 0) is 45.4 Å². The number of hydrogen-bond acceptors (Lipinski definition) is 5. The average molecular weight is 406 g/mol. The first-order valence-corrected chi connectivity index (χ1v) is 9.77. The van der Waals surface area contributed by atoms with E-state index in [1.807, 2.05) is 37.3 Å². The zero-order chi connectivity index (χ0) is 21.9. The molecule has 3 aromatic rings. The third kappa shape index (κ3) is 4.56. The zero-order valence-corrected chi connectivity index (χ0v) is 17.8. The average Bonchev–Trinajstić information content (AvgIpc) is 2.70. The molecule has 0 aliphatic rings. The quantitative estimate of drug-likeness (QED) is 0.676. The van der Waals surface area contributed by atoms with Crippen molar-refractivity contribution in [2.24, 2.45) is 0 Å². The van der Waals surface area contributed by atoms with E-state index in [1.54, 1.807) is 46.1 Å². The number of fused-ring (bicyclic) bond motifs is 1. The lowest BCUT2D eigenvalue weighted by Crippen LogP contribution is -2.34. The molecule has 1 unspecified atom stereocenters. The highest BCUT2D eigenvalue weighted by Gasteiger charge is 2.26. The molecule has 0 aliphatic heterocycles. The first kappa shape index (κ1) is 21.2. The second kappa shape index (κ2) is 8.49. The molecular formula is C23H26N4O3. The molecule has 0 aliphatic carbocycles. The fourth-order valence-electron chi connectivity index (χ4n) is 3.22. The van der Waals surface area contributed by atoms with Crippen LogP contribution in [0.15, 0.2) is 48.7 Å². The van der Waals surface area contributed by atoms with Gasteiger partial charge in [-0.25, -0.2) is 9.78 Å². The number of nitrogens with zero attached hydrogens (tertiary/aromatic N) is 2. The van der Waals surface area contributed by atoms with Gasteiger partial charge in [0.1, 0.15) is 11.1 Å². The Morgan fingerprint density at radius 1 is 1.07 bits per heavy atom. The maximum absolute atomic E-state index is 12.9. The molecule has 0 saturated carbocycles. The van der Waals surface area contributed by atoms with Gasteiger partial charge in [0.05, 0.1) is 22.8 Å². The third-order valence-electron chi connectivity index (χ3n) is 4.43. The van der Waals surface area contributed by atoms with Crippen LogP contribution in [-0.2, 0) is 4.74 Å². The van der Waals surface area contributed by atoms with Gasteiger partial charge < -0.3 is 15.4 Å². The molecule has 1 atom stereocenters. The summed E-state index contributed by atoms with van der Waals surface area (Å²) in [6.07, 6.45) is 1.08. The number of amides is 2. The predicted octanol–water partition coefficient (Wildman–Crippen LogP) is 4.24. The van der Waals surface area contributed by atoms with Crippen LogP contribution in [0.2, 0.25) is 0 Å². The molecule has 30 heavy (non-hydrogen) atoms. The normalized spacial score (nSPS) is 12.3. The molecule has 0 saturated heterocycles. The summed E-state index contributed by atoms with van der Waals surface area (Å²) < 4.78 is 5.39. The number of benzene rings is 1. The Bertz CT molecular complexity index is 1070. The molecule has 2 amide bonds. The van der Waals surface area contributed by atoms with Crippen molar-refractivity contribution in [2.45, 2.75) is 39.3 Å². The van der Waals surface area contributed by atoms with Gasteiger partial charge in [-0.3, -0.25) is 9.78 Å². The summed E-state index contributed by atoms with van der Waals surface area (Å²) in [5.74, 6) is -0.273. The first-order valence-electron chi connectivity index (χ1n) is 9.77. The Labute approximate surface area is 175 Å². The van der Waals surface area contributed by atoms with E-state index in [4.69, 9.17) is 9.72 Å². The summed E-state index contributed by atoms with van der Waals surface area (Å²) in [4.78, 5) is 34.5. The van der Waals surface area contributed by atoms with Gasteiger partial charge in [0.25, 0.3) is 5.91 Å². The van der Waals surface area contributed by atoms with Gasteiger partial charge in [0.15, 0.2) is 0 Å². The van der Waals surface area contributed by atoms with E-state index in [1.165, 1.54) is 0 Å². The van der Waals surface area contributed by atoms with Gasteiger partial charge >= 0.3 is 6.09 Å². The van der Waals surface area contributed by atoms with Gasteiger partial charge in [0.2, 0.25) is 0 Å². The Morgan fingerprint density at radius 2 is 1.77 bits per heavy atom. The number of hydrogen-bond donors (Lipinski definition) is 2. The van der Waals surface area contributed by atoms with Gasteiger partial charge in [0, 0.05) is 18.8 Å². The minimum absolute atomic E-state index is 0.273. The molecule has 1 aromatic carbocycles. The molecule has 2 aromatic heterocycles. The standard InChI is InChI=1S/C23H26N4O3/c1-14(26-22(29)30-23(2,3)4)19-17(15-10-7-6-8-11-15)18(21(28)24-5)20-16(27-19)12-9-13-25-20/h6-14H,1-5H3,(H,24,28)(H,26,29). The summed E-state index contributed by atoms with van der Waals surface area (Å²) in [5, 5.41) is 5.54. The minimum atomic E-state index is -0.625. The molecule has 3 rings (SSSR count). The smallest absolute Gasteiger partial charge is 0.408 e. The van der Waals surface area contributed by atoms with Crippen LogP contribution in [-0.4, -0.2) is 34.6 Å². The number of aromatic nitrogens is 2. The first-order chi connectivity index (χ1) is 14.2. The number of alkyl carbamates (subject to hydrolysis) is 1. The van der Waals surface area contributed by atoms with E-state index in [-0.39, 0.29) is 5.91 Å². The Hall–Kier alpha value is -3.48. The van der Waals surface area contributed by atoms with E-state index in [9.17, 15) is 9.59 Å². The second-order valence-electron chi connectivity index (χ2n) is 7.93. The van der Waals surface area contributed by atoms with E-state index < -0.39 is 17.7 Å². The van der Waals surface area contributed by atoms with E-state index in [0.717, 1.165) is 5.56 Å². The molecule has 0 radical (unpaired) electrons. The zero-order valence-electron chi connectivity index (χ0n) is 17.8. The molecule has 2 N–H and O–H groups in total. The van der Waals surface area contributed by atoms with Crippen LogP contribution < -0.4 is 10.6 Å². The van der Waals surface area contributed by atoms with Gasteiger partial charge in [-0.2, -0.15) is 0 Å². The highest BCUT2D eigenvalue weighted by Crippen LogP contribution is 2.34. The number of pyridine rings is 2. The topological polar surface area (TPSA) is 93.2 Å². The predicted molar refractivity (Wildman–Crippen MR) is 116 cm³/mol. The van der Waals surface area contributed by atoms with Crippen molar-refractivity contribution in [1.82, 2.24) is 20.6 Å². The van der Waals surface area contributed by atoms with Crippen LogP contribution in [0.4, 0.5) is 4.79 Å². The van der Waals surface area contributed by atoms with Crippen molar-refractivity contribution in [2.75, 3.05) is 7.05 Å². The van der Waals surface area contributed by atoms with Gasteiger partial charge in [-0.1, -0.05) is 30.3 Å². The van der Waals surface area contributed by atoms with Crippen molar-refractivity contribution in [1.29, 1.82) is 0 Å². The minimum Gasteiger partial charge on any atom is -0.444 e. The maximum atomic E-state index is 12.9. The summed E-state index contributed by atoms with van der Waals surface area (Å²) in [6.45, 7) is 7.22. The number of nitrogens with one attached hydrogen (secondary N) is 2. The number of ether oxygens (including phenoxy) is 1. The summed E-state index contributed by atoms with van der Waals surface area (Å²) in [7, 11) is 1.58. The molecule has 0 spiro atoms. The molecule has 156 valence electrons. The summed E-state index contributed by atoms with van der Waals surface area (Å²) in [5.41, 5.74) is 2.87. The molecule has 0 bridgehead atoms. The molecule has 7 heteroatoms. The fraction of sp³-hybridized carbons (Fsp3) is 0.304. The SMILES string of the molecule is CNC(=O)c1c(-c2ccccc2)c(C(C)NC(=O)OC(C)(C)C)nc2cccnc12. The number of rotatable bonds is 4. The lowest BCUT2D eigenvalue weighted by molar-refractivity contribution is 0.0507. The Balaban J connectivity index is 2.22. The van der Waals surface area contributed by atoms with Crippen molar-refractivity contribution < 1.29 is 14.3 Å². The molecular weight excluding hydrogens is 380 g/mol. The lowest BCUT2D eigenvalue weighted by atomic mass is 9.93. The molecule has 0 fully saturated rings. The van der Waals surface area contributed by atoms with Crippen LogP contribution in [0.5, 0.6) is 0 Å². The summed E-state index contributed by atoms with van der Waals surface area (Å²) in [6, 6.07) is 12.5. The highest BCUT2D eigenvalue weighted by atomic mass is 16.6. The van der Waals surface area contributed by atoms with Crippen molar-refractivity contribution in [3.63, 3.8) is 0 Å². The Kier molecular flexibility index (Phi) is 6.01.